The first-order valence-corrected chi connectivity index (χ1v) is 10.5. The van der Waals surface area contributed by atoms with Gasteiger partial charge in [0.2, 0.25) is 10.0 Å². The van der Waals surface area contributed by atoms with Gasteiger partial charge < -0.3 is 14.5 Å². The Hall–Kier alpha value is -1.69. The molecule has 156 valence electrons. The molecule has 28 heavy (non-hydrogen) atoms. The van der Waals surface area contributed by atoms with E-state index in [2.05, 4.69) is 0 Å². The maximum absolute atomic E-state index is 13.2. The molecular weight excluding hydrogens is 399 g/mol. The van der Waals surface area contributed by atoms with Crippen molar-refractivity contribution in [1.29, 1.82) is 0 Å². The van der Waals surface area contributed by atoms with Crippen LogP contribution in [-0.2, 0) is 25.7 Å². The number of piperazine rings is 1. The van der Waals surface area contributed by atoms with E-state index in [4.69, 9.17) is 4.74 Å². The van der Waals surface area contributed by atoms with Crippen LogP contribution in [0.3, 0.4) is 0 Å². The molecule has 1 N–H and O–H groups in total. The molecule has 0 aliphatic carbocycles. The van der Waals surface area contributed by atoms with E-state index in [0.29, 0.717) is 39.4 Å². The van der Waals surface area contributed by atoms with Crippen LogP contribution >= 0.6 is 0 Å². The number of sulfonamides is 1. The topological polar surface area (TPSA) is 71.4 Å². The molecule has 7 nitrogen and oxygen atoms in total. The second-order valence-corrected chi connectivity index (χ2v) is 8.72. The Bertz CT molecular complexity index is 802. The summed E-state index contributed by atoms with van der Waals surface area (Å²) >= 11 is 0. The van der Waals surface area contributed by atoms with E-state index >= 15 is 0 Å². The third-order valence-corrected chi connectivity index (χ3v) is 6.96. The van der Waals surface area contributed by atoms with Crippen molar-refractivity contribution < 1.29 is 36.0 Å². The second kappa shape index (κ2) is 8.36. The van der Waals surface area contributed by atoms with Gasteiger partial charge in [-0.1, -0.05) is 12.1 Å². The number of nitrogens with zero attached hydrogens (tertiary/aromatic N) is 2. The van der Waals surface area contributed by atoms with Crippen molar-refractivity contribution in [3.05, 3.63) is 29.8 Å². The van der Waals surface area contributed by atoms with Gasteiger partial charge in [0.05, 0.1) is 49.9 Å². The monoisotopic (exact) mass is 422 g/mol. The van der Waals surface area contributed by atoms with Gasteiger partial charge in [-0.25, -0.2) is 8.42 Å². The number of ether oxygens (including phenoxy) is 1. The quantitative estimate of drug-likeness (QED) is 0.707. The largest absolute Gasteiger partial charge is 0.417 e. The number of benzene rings is 1. The zero-order valence-corrected chi connectivity index (χ0v) is 16.1. The summed E-state index contributed by atoms with van der Waals surface area (Å²) in [6, 6.07) is 4.21. The lowest BCUT2D eigenvalue weighted by atomic mass is 10.2. The Kier molecular flexibility index (Phi) is 6.28. The van der Waals surface area contributed by atoms with Gasteiger partial charge in [-0.15, -0.1) is 0 Å². The normalized spacial score (nSPS) is 20.3. The molecule has 2 saturated heterocycles. The maximum Gasteiger partial charge on any atom is 0.417 e. The van der Waals surface area contributed by atoms with Crippen LogP contribution in [-0.4, -0.2) is 82.6 Å². The number of quaternary nitrogens is 1. The average molecular weight is 422 g/mol. The number of rotatable bonds is 4. The summed E-state index contributed by atoms with van der Waals surface area (Å²) in [6.45, 7) is 3.21. The number of halogens is 3. The van der Waals surface area contributed by atoms with Gasteiger partial charge in [-0.3, -0.25) is 4.79 Å². The lowest BCUT2D eigenvalue weighted by molar-refractivity contribution is -0.896. The number of nitrogens with one attached hydrogen (secondary N) is 1. The Labute approximate surface area is 161 Å². The maximum atomic E-state index is 13.2. The Morgan fingerprint density at radius 3 is 2.29 bits per heavy atom. The molecule has 0 saturated carbocycles. The van der Waals surface area contributed by atoms with Crippen molar-refractivity contribution in [3.63, 3.8) is 0 Å². The van der Waals surface area contributed by atoms with Crippen molar-refractivity contribution in [2.75, 3.05) is 59.0 Å². The summed E-state index contributed by atoms with van der Waals surface area (Å²) < 4.78 is 71.4. The van der Waals surface area contributed by atoms with E-state index in [-0.39, 0.29) is 25.5 Å². The van der Waals surface area contributed by atoms with Gasteiger partial charge in [0.15, 0.2) is 6.54 Å². The van der Waals surface area contributed by atoms with Crippen molar-refractivity contribution in [1.82, 2.24) is 9.21 Å². The predicted octanol–water partition coefficient (Wildman–Crippen LogP) is -0.547. The summed E-state index contributed by atoms with van der Waals surface area (Å²) in [7, 11) is -4.26. The van der Waals surface area contributed by atoms with E-state index in [1.165, 1.54) is 12.1 Å². The molecule has 0 bridgehead atoms. The summed E-state index contributed by atoms with van der Waals surface area (Å²) in [4.78, 5) is 14.2. The highest BCUT2D eigenvalue weighted by Crippen LogP contribution is 2.35. The first kappa shape index (κ1) is 21.0. The fourth-order valence-corrected chi connectivity index (χ4v) is 5.08. The van der Waals surface area contributed by atoms with Crippen LogP contribution in [0.2, 0.25) is 0 Å². The van der Waals surface area contributed by atoms with E-state index < -0.39 is 26.7 Å². The zero-order chi connectivity index (χ0) is 20.4. The van der Waals surface area contributed by atoms with Crippen LogP contribution in [0, 0.1) is 0 Å². The molecule has 1 aromatic carbocycles. The number of amides is 1. The van der Waals surface area contributed by atoms with E-state index in [1.54, 1.807) is 4.90 Å². The lowest BCUT2D eigenvalue weighted by Gasteiger charge is -2.33. The Morgan fingerprint density at radius 2 is 1.68 bits per heavy atom. The third-order valence-electron chi connectivity index (χ3n) is 5.00. The number of hydrogen-bond acceptors (Lipinski definition) is 4. The van der Waals surface area contributed by atoms with Crippen molar-refractivity contribution >= 4 is 15.9 Å². The fraction of sp³-hybridized carbons (Fsp3) is 0.588. The van der Waals surface area contributed by atoms with Gasteiger partial charge in [-0.2, -0.15) is 17.5 Å². The summed E-state index contributed by atoms with van der Waals surface area (Å²) in [5, 5.41) is 0. The predicted molar refractivity (Wildman–Crippen MR) is 93.2 cm³/mol. The van der Waals surface area contributed by atoms with Crippen LogP contribution in [0.5, 0.6) is 0 Å². The van der Waals surface area contributed by atoms with Crippen molar-refractivity contribution in [2.24, 2.45) is 0 Å². The first-order chi connectivity index (χ1) is 13.2. The number of carbonyl (C=O) groups is 1. The summed E-state index contributed by atoms with van der Waals surface area (Å²) in [5.41, 5.74) is -1.16. The number of alkyl halides is 3. The van der Waals surface area contributed by atoms with Gasteiger partial charge in [-0.05, 0) is 12.1 Å². The minimum absolute atomic E-state index is 0.0166. The fourth-order valence-electron chi connectivity index (χ4n) is 3.42. The van der Waals surface area contributed by atoms with Crippen molar-refractivity contribution in [2.45, 2.75) is 11.1 Å². The van der Waals surface area contributed by atoms with Crippen LogP contribution in [0.25, 0.3) is 0 Å². The molecule has 11 heteroatoms. The summed E-state index contributed by atoms with van der Waals surface area (Å²) in [5.74, 6) is -0.0166. The van der Waals surface area contributed by atoms with Gasteiger partial charge in [0, 0.05) is 13.1 Å². The molecular formula is C17H23F3N3O4S+. The molecule has 0 atom stereocenters. The lowest BCUT2D eigenvalue weighted by Crippen LogP contribution is -3.15. The van der Waals surface area contributed by atoms with Crippen LogP contribution < -0.4 is 4.90 Å². The molecule has 1 amide bonds. The Balaban J connectivity index is 1.64. The number of hydrogen-bond donors (Lipinski definition) is 1. The van der Waals surface area contributed by atoms with Crippen LogP contribution in [0.1, 0.15) is 5.56 Å². The SMILES string of the molecule is O=C(C[NH+]1CCN(S(=O)(=O)c2ccccc2C(F)(F)F)CC1)N1CCOCC1. The van der Waals surface area contributed by atoms with Crippen molar-refractivity contribution in [3.8, 4) is 0 Å². The minimum atomic E-state index is -4.75. The van der Waals surface area contributed by atoms with Gasteiger partial charge in [0.1, 0.15) is 0 Å². The number of carbonyl (C=O) groups excluding carboxylic acids is 1. The van der Waals surface area contributed by atoms with E-state index in [9.17, 15) is 26.4 Å². The van der Waals surface area contributed by atoms with Crippen LogP contribution in [0.4, 0.5) is 13.2 Å². The zero-order valence-electron chi connectivity index (χ0n) is 15.2. The average Bonchev–Trinajstić information content (AvgIpc) is 2.68. The van der Waals surface area contributed by atoms with E-state index in [1.807, 2.05) is 0 Å². The second-order valence-electron chi connectivity index (χ2n) is 6.82. The van der Waals surface area contributed by atoms with Gasteiger partial charge in [0.25, 0.3) is 5.91 Å². The molecule has 1 aromatic rings. The summed E-state index contributed by atoms with van der Waals surface area (Å²) in [6.07, 6.45) is -4.75. The smallest absolute Gasteiger partial charge is 0.378 e. The molecule has 2 heterocycles. The third kappa shape index (κ3) is 4.65. The first-order valence-electron chi connectivity index (χ1n) is 9.05. The molecule has 2 aliphatic rings. The highest BCUT2D eigenvalue weighted by Gasteiger charge is 2.40. The molecule has 0 radical (unpaired) electrons. The molecule has 3 rings (SSSR count). The molecule has 0 spiro atoms. The standard InChI is InChI=1S/C17H22F3N3O4S/c18-17(19,20)14-3-1-2-4-15(14)28(25,26)23-7-5-21(6-8-23)13-16(24)22-9-11-27-12-10-22/h1-4H,5-13H2/p+1. The minimum Gasteiger partial charge on any atom is -0.378 e. The Morgan fingerprint density at radius 1 is 1.07 bits per heavy atom. The molecule has 0 aromatic heterocycles. The highest BCUT2D eigenvalue weighted by atomic mass is 32.2. The molecule has 2 aliphatic heterocycles. The molecule has 0 unspecified atom stereocenters. The van der Waals surface area contributed by atoms with Gasteiger partial charge >= 0.3 is 6.18 Å². The van der Waals surface area contributed by atoms with E-state index in [0.717, 1.165) is 21.3 Å². The molecule has 2 fully saturated rings. The number of morpholine rings is 1. The van der Waals surface area contributed by atoms with Crippen LogP contribution in [0.15, 0.2) is 29.2 Å². The highest BCUT2D eigenvalue weighted by molar-refractivity contribution is 7.89.